The fourth-order valence-electron chi connectivity index (χ4n) is 5.72. The highest BCUT2D eigenvalue weighted by atomic mass is 16.5. The van der Waals surface area contributed by atoms with E-state index in [4.69, 9.17) is 4.74 Å². The van der Waals surface area contributed by atoms with Gasteiger partial charge in [-0.1, -0.05) is 65.3 Å². The zero-order chi connectivity index (χ0) is 28.9. The number of para-hydroxylation sites is 1. The molecule has 2 amide bonds. The summed E-state index contributed by atoms with van der Waals surface area (Å²) in [5.41, 5.74) is 2.22. The standard InChI is InChI=1S/C33H47N3O4/c1-23(2)27-22-40-29-11-7-6-10-26(29)30(38)34-17-9-8-14-33(31(39)35-27)15-18-36(19-16-33)21-24-20-25(32(3,4)5)12-13-28(24)37/h6-7,10-13,20,23,27,37H,8-9,14-19,21-22H2,1-5H3,(H,34,38)(H,35,39)/t27-/m1/s1. The first-order chi connectivity index (χ1) is 19.0. The number of amides is 2. The molecule has 0 aromatic heterocycles. The molecule has 1 spiro atoms. The van der Waals surface area contributed by atoms with Crippen LogP contribution in [0.2, 0.25) is 0 Å². The number of nitrogens with zero attached hydrogens (tertiary/aromatic N) is 1. The number of benzene rings is 2. The molecule has 7 heteroatoms. The van der Waals surface area contributed by atoms with E-state index >= 15 is 0 Å². The Morgan fingerprint density at radius 1 is 1.05 bits per heavy atom. The zero-order valence-electron chi connectivity index (χ0n) is 24.9. The van der Waals surface area contributed by atoms with Crippen molar-refractivity contribution in [2.24, 2.45) is 11.3 Å². The molecule has 2 heterocycles. The topological polar surface area (TPSA) is 90.9 Å². The van der Waals surface area contributed by atoms with Crippen molar-refractivity contribution >= 4 is 11.8 Å². The van der Waals surface area contributed by atoms with Gasteiger partial charge in [-0.25, -0.2) is 0 Å². The summed E-state index contributed by atoms with van der Waals surface area (Å²) in [6, 6.07) is 13.0. The number of carbonyl (C=O) groups excluding carboxylic acids is 2. The van der Waals surface area contributed by atoms with Crippen LogP contribution < -0.4 is 15.4 Å². The smallest absolute Gasteiger partial charge is 0.255 e. The van der Waals surface area contributed by atoms with Gasteiger partial charge in [0.1, 0.15) is 18.1 Å². The third-order valence-electron chi connectivity index (χ3n) is 8.67. The third-order valence-corrected chi connectivity index (χ3v) is 8.67. The number of nitrogens with one attached hydrogen (secondary N) is 2. The molecule has 0 unspecified atom stereocenters. The maximum Gasteiger partial charge on any atom is 0.255 e. The van der Waals surface area contributed by atoms with Crippen LogP contribution in [0.5, 0.6) is 11.5 Å². The quantitative estimate of drug-likeness (QED) is 0.477. The van der Waals surface area contributed by atoms with Gasteiger partial charge in [0.25, 0.3) is 5.91 Å². The van der Waals surface area contributed by atoms with Gasteiger partial charge in [0.05, 0.1) is 17.0 Å². The number of rotatable bonds is 3. The zero-order valence-corrected chi connectivity index (χ0v) is 24.9. The number of phenols is 1. The summed E-state index contributed by atoms with van der Waals surface area (Å²) in [6.07, 6.45) is 4.00. The van der Waals surface area contributed by atoms with Crippen LogP contribution in [0.25, 0.3) is 0 Å². The molecule has 1 saturated heterocycles. The van der Waals surface area contributed by atoms with Gasteiger partial charge in [-0.15, -0.1) is 0 Å². The molecule has 1 atom stereocenters. The SMILES string of the molecule is CC(C)[C@H]1COc2ccccc2C(=O)NCCCCC2(CCN(Cc3cc(C(C)(C)C)ccc3O)CC2)C(=O)N1. The van der Waals surface area contributed by atoms with Crippen molar-refractivity contribution in [3.8, 4) is 11.5 Å². The number of likely N-dealkylation sites (tertiary alicyclic amines) is 1. The highest BCUT2D eigenvalue weighted by molar-refractivity contribution is 5.96. The van der Waals surface area contributed by atoms with E-state index in [1.165, 1.54) is 5.56 Å². The minimum atomic E-state index is -0.453. The predicted molar refractivity (Wildman–Crippen MR) is 159 cm³/mol. The summed E-state index contributed by atoms with van der Waals surface area (Å²) < 4.78 is 6.12. The summed E-state index contributed by atoms with van der Waals surface area (Å²) in [6.45, 7) is 13.8. The number of hydrogen-bond acceptors (Lipinski definition) is 5. The van der Waals surface area contributed by atoms with Crippen LogP contribution in [0.4, 0.5) is 0 Å². The van der Waals surface area contributed by atoms with E-state index in [0.29, 0.717) is 36.8 Å². The molecule has 3 N–H and O–H groups in total. The predicted octanol–water partition coefficient (Wildman–Crippen LogP) is 5.41. The van der Waals surface area contributed by atoms with Crippen molar-refractivity contribution in [1.29, 1.82) is 0 Å². The molecule has 1 fully saturated rings. The Hall–Kier alpha value is -3.06. The lowest BCUT2D eigenvalue weighted by Crippen LogP contribution is -2.53. The molecule has 40 heavy (non-hydrogen) atoms. The minimum absolute atomic E-state index is 0.0102. The van der Waals surface area contributed by atoms with Crippen LogP contribution in [0, 0.1) is 11.3 Å². The van der Waals surface area contributed by atoms with Crippen LogP contribution >= 0.6 is 0 Å². The van der Waals surface area contributed by atoms with Crippen LogP contribution in [0.1, 0.15) is 88.2 Å². The first-order valence-corrected chi connectivity index (χ1v) is 14.8. The molecule has 2 aliphatic heterocycles. The Morgan fingerprint density at radius 2 is 1.77 bits per heavy atom. The van der Waals surface area contributed by atoms with Crippen molar-refractivity contribution in [2.75, 3.05) is 26.2 Å². The Morgan fingerprint density at radius 3 is 2.48 bits per heavy atom. The van der Waals surface area contributed by atoms with Crippen molar-refractivity contribution < 1.29 is 19.4 Å². The van der Waals surface area contributed by atoms with Gasteiger partial charge in [0.15, 0.2) is 0 Å². The van der Waals surface area contributed by atoms with Gasteiger partial charge < -0.3 is 20.5 Å². The number of fused-ring (bicyclic) bond motifs is 1. The molecule has 0 bridgehead atoms. The largest absolute Gasteiger partial charge is 0.508 e. The Kier molecular flexibility index (Phi) is 9.44. The van der Waals surface area contributed by atoms with Gasteiger partial charge >= 0.3 is 0 Å². The lowest BCUT2D eigenvalue weighted by atomic mass is 9.73. The highest BCUT2D eigenvalue weighted by Crippen LogP contribution is 2.38. The lowest BCUT2D eigenvalue weighted by molar-refractivity contribution is -0.136. The number of piperidine rings is 1. The van der Waals surface area contributed by atoms with E-state index < -0.39 is 5.41 Å². The Bertz CT molecular complexity index is 1180. The molecule has 218 valence electrons. The fraction of sp³-hybridized carbons (Fsp3) is 0.576. The first-order valence-electron chi connectivity index (χ1n) is 14.8. The first kappa shape index (κ1) is 29.9. The second-order valence-electron chi connectivity index (χ2n) is 13.0. The maximum atomic E-state index is 14.0. The van der Waals surface area contributed by atoms with Crippen LogP contribution in [0.15, 0.2) is 42.5 Å². The van der Waals surface area contributed by atoms with E-state index in [9.17, 15) is 14.7 Å². The summed E-state index contributed by atoms with van der Waals surface area (Å²) in [7, 11) is 0. The van der Waals surface area contributed by atoms with Crippen LogP contribution in [0.3, 0.4) is 0 Å². The number of carbonyl (C=O) groups is 2. The van der Waals surface area contributed by atoms with E-state index in [1.807, 2.05) is 24.3 Å². The molecular weight excluding hydrogens is 502 g/mol. The summed E-state index contributed by atoms with van der Waals surface area (Å²) in [5, 5.41) is 16.9. The van der Waals surface area contributed by atoms with Crippen LogP contribution in [-0.2, 0) is 16.8 Å². The maximum absolute atomic E-state index is 14.0. The second-order valence-corrected chi connectivity index (χ2v) is 13.0. The van der Waals surface area contributed by atoms with Crippen molar-refractivity contribution in [3.63, 3.8) is 0 Å². The second kappa shape index (κ2) is 12.6. The molecule has 0 saturated carbocycles. The van der Waals surface area contributed by atoms with Gasteiger partial charge in [-0.05, 0) is 73.9 Å². The molecule has 4 rings (SSSR count). The summed E-state index contributed by atoms with van der Waals surface area (Å²) >= 11 is 0. The Labute approximate surface area is 239 Å². The van der Waals surface area contributed by atoms with Crippen molar-refractivity contribution in [2.45, 2.75) is 84.7 Å². The molecule has 2 aliphatic rings. The van der Waals surface area contributed by atoms with E-state index in [0.717, 1.165) is 50.8 Å². The average molecular weight is 550 g/mol. The summed E-state index contributed by atoms with van der Waals surface area (Å²) in [4.78, 5) is 29.1. The van der Waals surface area contributed by atoms with Gasteiger partial charge in [-0.2, -0.15) is 0 Å². The van der Waals surface area contributed by atoms with E-state index in [2.05, 4.69) is 56.2 Å². The number of ether oxygens (including phenoxy) is 1. The van der Waals surface area contributed by atoms with Gasteiger partial charge in [0, 0.05) is 18.7 Å². The van der Waals surface area contributed by atoms with Gasteiger partial charge in [0.2, 0.25) is 5.91 Å². The number of hydrogen-bond donors (Lipinski definition) is 3. The van der Waals surface area contributed by atoms with Crippen molar-refractivity contribution in [3.05, 3.63) is 59.2 Å². The number of aromatic hydroxyl groups is 1. The minimum Gasteiger partial charge on any atom is -0.508 e. The lowest BCUT2D eigenvalue weighted by Gasteiger charge is -2.42. The Balaban J connectivity index is 1.48. The molecule has 0 aliphatic carbocycles. The third kappa shape index (κ3) is 7.17. The fourth-order valence-corrected chi connectivity index (χ4v) is 5.72. The monoisotopic (exact) mass is 549 g/mol. The normalized spacial score (nSPS) is 21.2. The van der Waals surface area contributed by atoms with Gasteiger partial charge in [-0.3, -0.25) is 14.5 Å². The van der Waals surface area contributed by atoms with Crippen molar-refractivity contribution in [1.82, 2.24) is 15.5 Å². The summed E-state index contributed by atoms with van der Waals surface area (Å²) in [5.74, 6) is 1.03. The average Bonchev–Trinajstić information content (AvgIpc) is 2.91. The van der Waals surface area contributed by atoms with E-state index in [1.54, 1.807) is 12.1 Å². The van der Waals surface area contributed by atoms with Crippen LogP contribution in [-0.4, -0.2) is 54.1 Å². The molecule has 2 aromatic carbocycles. The number of phenolic OH excluding ortho intramolecular Hbond substituents is 1. The molecule has 2 aromatic rings. The molecule has 7 nitrogen and oxygen atoms in total. The highest BCUT2D eigenvalue weighted by Gasteiger charge is 2.42. The van der Waals surface area contributed by atoms with E-state index in [-0.39, 0.29) is 29.2 Å². The molecular formula is C33H47N3O4. The molecule has 0 radical (unpaired) electrons.